The Kier molecular flexibility index (Phi) is 3.94. The van der Waals surface area contributed by atoms with E-state index in [9.17, 15) is 9.59 Å². The van der Waals surface area contributed by atoms with Crippen LogP contribution in [0.5, 0.6) is 0 Å². The Morgan fingerprint density at radius 2 is 1.47 bits per heavy atom. The normalized spacial score (nSPS) is 10.0. The molecule has 2 amide bonds. The van der Waals surface area contributed by atoms with E-state index >= 15 is 0 Å². The summed E-state index contributed by atoms with van der Waals surface area (Å²) in [6.45, 7) is 0. The second-order valence-corrected chi connectivity index (χ2v) is 4.23. The lowest BCUT2D eigenvalue weighted by atomic mass is 10.1. The van der Waals surface area contributed by atoms with Gasteiger partial charge < -0.3 is 0 Å². The molecule has 0 heterocycles. The van der Waals surface area contributed by atoms with Crippen LogP contribution in [0, 0.1) is 0 Å². The van der Waals surface area contributed by atoms with Gasteiger partial charge in [-0.3, -0.25) is 9.59 Å². The number of nitrogens with two attached hydrogens (primary N) is 1. The van der Waals surface area contributed by atoms with Gasteiger partial charge in [0.1, 0.15) is 0 Å². The van der Waals surface area contributed by atoms with Crippen molar-refractivity contribution < 1.29 is 9.59 Å². The molecule has 2 aromatic rings. The summed E-state index contributed by atoms with van der Waals surface area (Å²) in [6.07, 6.45) is 0. The number of nitrogens with zero attached hydrogens (tertiary/aromatic N) is 1. The van der Waals surface area contributed by atoms with Crippen LogP contribution in [-0.4, -0.2) is 16.8 Å². The number of carbonyl (C=O) groups excluding carboxylic acids is 2. The summed E-state index contributed by atoms with van der Waals surface area (Å²) in [5, 5.41) is 0.820. The third kappa shape index (κ3) is 2.81. The van der Waals surface area contributed by atoms with Crippen LogP contribution in [0.4, 0.5) is 0 Å². The summed E-state index contributed by atoms with van der Waals surface area (Å²) < 4.78 is 0. The van der Waals surface area contributed by atoms with Crippen LogP contribution >= 0.6 is 11.6 Å². The summed E-state index contributed by atoms with van der Waals surface area (Å²) in [6, 6.07) is 14.8. The zero-order valence-electron chi connectivity index (χ0n) is 9.92. The molecule has 4 nitrogen and oxygen atoms in total. The number of carbonyl (C=O) groups is 2. The van der Waals surface area contributed by atoms with Gasteiger partial charge in [0.25, 0.3) is 11.8 Å². The van der Waals surface area contributed by atoms with Crippen molar-refractivity contribution in [1.82, 2.24) is 5.01 Å². The Hall–Kier alpha value is -2.17. The van der Waals surface area contributed by atoms with Crippen molar-refractivity contribution in [3.8, 4) is 0 Å². The second-order valence-electron chi connectivity index (χ2n) is 3.83. The smallest absolute Gasteiger partial charge is 0.267 e. The second kappa shape index (κ2) is 5.65. The lowest BCUT2D eigenvalue weighted by Gasteiger charge is -2.15. The Morgan fingerprint density at radius 3 is 2.11 bits per heavy atom. The maximum atomic E-state index is 12.1. The molecule has 0 radical (unpaired) electrons. The predicted octanol–water partition coefficient (Wildman–Crippen LogP) is 2.50. The van der Waals surface area contributed by atoms with Gasteiger partial charge in [-0.15, -0.1) is 0 Å². The van der Waals surface area contributed by atoms with Crippen molar-refractivity contribution in [1.29, 1.82) is 0 Å². The molecular weight excluding hydrogens is 264 g/mol. The monoisotopic (exact) mass is 274 g/mol. The first-order valence-electron chi connectivity index (χ1n) is 5.54. The zero-order chi connectivity index (χ0) is 13.8. The molecule has 0 spiro atoms. The summed E-state index contributed by atoms with van der Waals surface area (Å²) in [5.74, 6) is 4.35. The van der Waals surface area contributed by atoms with Gasteiger partial charge in [-0.05, 0) is 24.3 Å². The molecule has 0 atom stereocenters. The standard InChI is InChI=1S/C14H11ClN2O2/c15-12-9-5-4-8-11(12)14(19)17(16)13(18)10-6-2-1-3-7-10/h1-9H,16H2. The van der Waals surface area contributed by atoms with E-state index in [4.69, 9.17) is 17.4 Å². The third-order valence-corrected chi connectivity index (χ3v) is 2.89. The van der Waals surface area contributed by atoms with E-state index < -0.39 is 11.8 Å². The molecule has 0 aromatic heterocycles. The van der Waals surface area contributed by atoms with Crippen molar-refractivity contribution >= 4 is 23.4 Å². The highest BCUT2D eigenvalue weighted by atomic mass is 35.5. The topological polar surface area (TPSA) is 63.4 Å². The average molecular weight is 275 g/mol. The molecule has 0 fully saturated rings. The highest BCUT2D eigenvalue weighted by Crippen LogP contribution is 2.17. The first-order chi connectivity index (χ1) is 9.11. The molecule has 5 heteroatoms. The Balaban J connectivity index is 2.26. The number of rotatable bonds is 2. The van der Waals surface area contributed by atoms with Gasteiger partial charge in [0.2, 0.25) is 0 Å². The van der Waals surface area contributed by atoms with Gasteiger partial charge in [-0.1, -0.05) is 41.9 Å². The number of hydrogen-bond acceptors (Lipinski definition) is 3. The maximum absolute atomic E-state index is 12.1. The number of amides is 2. The molecule has 2 rings (SSSR count). The fourth-order valence-electron chi connectivity index (χ4n) is 1.58. The van der Waals surface area contributed by atoms with E-state index in [2.05, 4.69) is 0 Å². The molecule has 0 aliphatic carbocycles. The number of hydrazine groups is 1. The molecule has 2 aromatic carbocycles. The number of hydrogen-bond donors (Lipinski definition) is 1. The molecule has 0 saturated heterocycles. The van der Waals surface area contributed by atoms with E-state index in [1.165, 1.54) is 6.07 Å². The van der Waals surface area contributed by atoms with Crippen molar-refractivity contribution in [3.63, 3.8) is 0 Å². The first kappa shape index (κ1) is 13.3. The van der Waals surface area contributed by atoms with Crippen molar-refractivity contribution in [2.45, 2.75) is 0 Å². The molecule has 0 saturated carbocycles. The molecular formula is C14H11ClN2O2. The third-order valence-electron chi connectivity index (χ3n) is 2.56. The minimum Gasteiger partial charge on any atom is -0.267 e. The number of halogens is 1. The van der Waals surface area contributed by atoms with E-state index in [1.807, 2.05) is 0 Å². The molecule has 0 aliphatic heterocycles. The highest BCUT2D eigenvalue weighted by Gasteiger charge is 2.22. The minimum atomic E-state index is -0.639. The molecule has 19 heavy (non-hydrogen) atoms. The van der Waals surface area contributed by atoms with Gasteiger partial charge in [0.15, 0.2) is 0 Å². The Labute approximate surface area is 115 Å². The molecule has 0 bridgehead atoms. The largest absolute Gasteiger partial charge is 0.276 e. The van der Waals surface area contributed by atoms with E-state index in [1.54, 1.807) is 48.5 Å². The van der Waals surface area contributed by atoms with E-state index in [-0.39, 0.29) is 10.6 Å². The number of benzene rings is 2. The molecule has 2 N–H and O–H groups in total. The van der Waals surface area contributed by atoms with E-state index in [0.717, 1.165) is 0 Å². The predicted molar refractivity (Wildman–Crippen MR) is 72.6 cm³/mol. The van der Waals surface area contributed by atoms with Crippen LogP contribution in [0.3, 0.4) is 0 Å². The fraction of sp³-hybridized carbons (Fsp3) is 0. The van der Waals surface area contributed by atoms with Crippen molar-refractivity contribution in [2.24, 2.45) is 5.84 Å². The van der Waals surface area contributed by atoms with Crippen LogP contribution in [0.15, 0.2) is 54.6 Å². The van der Waals surface area contributed by atoms with Gasteiger partial charge in [0.05, 0.1) is 10.6 Å². The van der Waals surface area contributed by atoms with Gasteiger partial charge in [-0.25, -0.2) is 10.9 Å². The maximum Gasteiger partial charge on any atom is 0.276 e. The Morgan fingerprint density at radius 1 is 0.895 bits per heavy atom. The molecule has 0 aliphatic rings. The zero-order valence-corrected chi connectivity index (χ0v) is 10.7. The minimum absolute atomic E-state index is 0.191. The SMILES string of the molecule is NN(C(=O)c1ccccc1)C(=O)c1ccccc1Cl. The van der Waals surface area contributed by atoms with Crippen LogP contribution in [0.25, 0.3) is 0 Å². The van der Waals surface area contributed by atoms with Crippen LogP contribution in [0.2, 0.25) is 5.02 Å². The summed E-state index contributed by atoms with van der Waals surface area (Å²) in [5.41, 5.74) is 0.529. The summed E-state index contributed by atoms with van der Waals surface area (Å²) >= 11 is 5.90. The van der Waals surface area contributed by atoms with Crippen LogP contribution < -0.4 is 5.84 Å². The molecule has 0 unspecified atom stereocenters. The van der Waals surface area contributed by atoms with Gasteiger partial charge in [-0.2, -0.15) is 0 Å². The van der Waals surface area contributed by atoms with Crippen LogP contribution in [-0.2, 0) is 0 Å². The van der Waals surface area contributed by atoms with E-state index in [0.29, 0.717) is 10.6 Å². The Bertz CT molecular complexity index is 614. The number of imide groups is 1. The summed E-state index contributed by atoms with van der Waals surface area (Å²) in [4.78, 5) is 24.1. The van der Waals surface area contributed by atoms with Gasteiger partial charge in [0, 0.05) is 5.56 Å². The average Bonchev–Trinajstić information content (AvgIpc) is 2.46. The molecule has 96 valence electrons. The lowest BCUT2D eigenvalue weighted by Crippen LogP contribution is -2.42. The summed E-state index contributed by atoms with van der Waals surface area (Å²) in [7, 11) is 0. The van der Waals surface area contributed by atoms with Crippen LogP contribution in [0.1, 0.15) is 20.7 Å². The fourth-order valence-corrected chi connectivity index (χ4v) is 1.79. The first-order valence-corrected chi connectivity index (χ1v) is 5.92. The van der Waals surface area contributed by atoms with Crippen molar-refractivity contribution in [2.75, 3.05) is 0 Å². The van der Waals surface area contributed by atoms with Crippen molar-refractivity contribution in [3.05, 3.63) is 70.7 Å². The highest BCUT2D eigenvalue weighted by molar-refractivity contribution is 6.34. The van der Waals surface area contributed by atoms with Gasteiger partial charge >= 0.3 is 0 Å². The lowest BCUT2D eigenvalue weighted by molar-refractivity contribution is 0.0615. The quantitative estimate of drug-likeness (QED) is 0.396.